The summed E-state index contributed by atoms with van der Waals surface area (Å²) in [5.41, 5.74) is 14.3. The zero-order valence-electron chi connectivity index (χ0n) is 29.6. The Hall–Kier alpha value is -7.16. The van der Waals surface area contributed by atoms with Crippen LogP contribution >= 0.6 is 0 Å². The molecule has 0 amide bonds. The minimum Gasteiger partial charge on any atom is -0.455 e. The van der Waals surface area contributed by atoms with E-state index in [1.165, 1.54) is 22.1 Å². The third-order valence-corrected chi connectivity index (χ3v) is 10.4. The Morgan fingerprint density at radius 3 is 1.65 bits per heavy atom. The second-order valence-electron chi connectivity index (χ2n) is 13.7. The maximum atomic E-state index is 6.61. The molecule has 9 aromatic carbocycles. The van der Waals surface area contributed by atoms with Gasteiger partial charge in [0.2, 0.25) is 0 Å². The summed E-state index contributed by atoms with van der Waals surface area (Å²) in [5.74, 6) is 0. The molecule has 1 aromatic heterocycles. The van der Waals surface area contributed by atoms with Crippen molar-refractivity contribution in [3.05, 3.63) is 212 Å². The number of hydrogen-bond donors (Lipinski definition) is 0. The van der Waals surface area contributed by atoms with Crippen LogP contribution in [0.1, 0.15) is 0 Å². The highest BCUT2D eigenvalue weighted by molar-refractivity contribution is 6.19. The van der Waals surface area contributed by atoms with Crippen LogP contribution in [0.5, 0.6) is 0 Å². The van der Waals surface area contributed by atoms with Gasteiger partial charge in [-0.25, -0.2) is 0 Å². The number of anilines is 3. The van der Waals surface area contributed by atoms with Crippen molar-refractivity contribution in [3.8, 4) is 44.5 Å². The number of nitrogens with zero attached hydrogens (tertiary/aromatic N) is 1. The van der Waals surface area contributed by atoms with E-state index in [4.69, 9.17) is 4.42 Å². The summed E-state index contributed by atoms with van der Waals surface area (Å²) in [6.07, 6.45) is 0. The molecule has 254 valence electrons. The molecule has 0 saturated carbocycles. The van der Waals surface area contributed by atoms with Crippen molar-refractivity contribution < 1.29 is 4.42 Å². The van der Waals surface area contributed by atoms with E-state index >= 15 is 0 Å². The Morgan fingerprint density at radius 1 is 0.333 bits per heavy atom. The van der Waals surface area contributed by atoms with E-state index in [1.807, 2.05) is 0 Å². The van der Waals surface area contributed by atoms with Crippen LogP contribution in [0.3, 0.4) is 0 Å². The first kappa shape index (κ1) is 31.6. The predicted molar refractivity (Wildman–Crippen MR) is 228 cm³/mol. The second kappa shape index (κ2) is 13.4. The van der Waals surface area contributed by atoms with Crippen LogP contribution in [-0.2, 0) is 0 Å². The zero-order valence-corrected chi connectivity index (χ0v) is 29.6. The SMILES string of the molecule is c1ccc(-c2cc(-c3ccccc3)cc(N(c3cccc(-c4cccc5oc6c7ccccc7ccc6c45)c3)c3ccccc3-c3ccccc3)c2)cc1. The molecule has 2 nitrogen and oxygen atoms in total. The summed E-state index contributed by atoms with van der Waals surface area (Å²) >= 11 is 0. The van der Waals surface area contributed by atoms with Crippen LogP contribution in [0.2, 0.25) is 0 Å². The van der Waals surface area contributed by atoms with Gasteiger partial charge in [-0.15, -0.1) is 0 Å². The third-order valence-electron chi connectivity index (χ3n) is 10.4. The fourth-order valence-corrected chi connectivity index (χ4v) is 7.90. The first-order valence-corrected chi connectivity index (χ1v) is 18.4. The lowest BCUT2D eigenvalue weighted by atomic mass is 9.95. The zero-order chi connectivity index (χ0) is 35.8. The topological polar surface area (TPSA) is 16.4 Å². The van der Waals surface area contributed by atoms with Gasteiger partial charge in [-0.3, -0.25) is 0 Å². The summed E-state index contributed by atoms with van der Waals surface area (Å²) < 4.78 is 6.61. The molecule has 10 aromatic rings. The third kappa shape index (κ3) is 5.62. The smallest absolute Gasteiger partial charge is 0.143 e. The Labute approximate surface area is 314 Å². The molecule has 0 aliphatic carbocycles. The minimum atomic E-state index is 0.888. The fraction of sp³-hybridized carbons (Fsp3) is 0. The lowest BCUT2D eigenvalue weighted by molar-refractivity contribution is 0.673. The number of rotatable bonds is 7. The van der Waals surface area contributed by atoms with Gasteiger partial charge in [-0.2, -0.15) is 0 Å². The van der Waals surface area contributed by atoms with Gasteiger partial charge >= 0.3 is 0 Å². The number of para-hydroxylation sites is 1. The molecule has 0 atom stereocenters. The van der Waals surface area contributed by atoms with Gasteiger partial charge in [-0.1, -0.05) is 164 Å². The molecule has 0 spiro atoms. The molecule has 0 aliphatic heterocycles. The molecule has 54 heavy (non-hydrogen) atoms. The summed E-state index contributed by atoms with van der Waals surface area (Å²) in [4.78, 5) is 2.42. The van der Waals surface area contributed by atoms with Crippen LogP contribution in [0.25, 0.3) is 77.2 Å². The summed E-state index contributed by atoms with van der Waals surface area (Å²) in [7, 11) is 0. The molecular formula is C52H35NO. The van der Waals surface area contributed by atoms with E-state index in [1.54, 1.807) is 0 Å². The Kier molecular flexibility index (Phi) is 7.85. The first-order chi connectivity index (χ1) is 26.8. The van der Waals surface area contributed by atoms with Crippen LogP contribution in [0, 0.1) is 0 Å². The first-order valence-electron chi connectivity index (χ1n) is 18.4. The van der Waals surface area contributed by atoms with Gasteiger partial charge in [0.05, 0.1) is 5.69 Å². The Balaban J connectivity index is 1.22. The fourth-order valence-electron chi connectivity index (χ4n) is 7.90. The van der Waals surface area contributed by atoms with Gasteiger partial charge in [-0.05, 0) is 92.9 Å². The molecular weight excluding hydrogens is 655 g/mol. The van der Waals surface area contributed by atoms with Crippen molar-refractivity contribution in [2.24, 2.45) is 0 Å². The maximum Gasteiger partial charge on any atom is 0.143 e. The van der Waals surface area contributed by atoms with Crippen molar-refractivity contribution in [2.45, 2.75) is 0 Å². The lowest BCUT2D eigenvalue weighted by Crippen LogP contribution is -2.12. The van der Waals surface area contributed by atoms with E-state index in [0.29, 0.717) is 0 Å². The average molecular weight is 690 g/mol. The van der Waals surface area contributed by atoms with E-state index in [-0.39, 0.29) is 0 Å². The molecule has 0 fully saturated rings. The summed E-state index contributed by atoms with van der Waals surface area (Å²) in [6.45, 7) is 0. The normalized spacial score (nSPS) is 11.3. The van der Waals surface area contributed by atoms with Gasteiger partial charge in [0.15, 0.2) is 0 Å². The number of fused-ring (bicyclic) bond motifs is 5. The molecule has 2 heteroatoms. The minimum absolute atomic E-state index is 0.888. The lowest BCUT2D eigenvalue weighted by Gasteiger charge is -2.29. The summed E-state index contributed by atoms with van der Waals surface area (Å²) in [6, 6.07) is 75.9. The molecule has 0 unspecified atom stereocenters. The van der Waals surface area contributed by atoms with Crippen molar-refractivity contribution >= 4 is 49.8 Å². The standard InChI is InChI=1S/C52H35NO/c1-4-16-36(17-5-1)41-32-42(37-18-6-2-7-19-37)35-44(34-41)53(49-28-13-12-25-45(49)38-20-8-3-9-21-38)43-24-14-23-40(33-43)46-27-15-29-50-51(46)48-31-30-39-22-10-11-26-47(39)52(48)54-50/h1-35H. The average Bonchev–Trinajstić information content (AvgIpc) is 3.65. The van der Waals surface area contributed by atoms with E-state index in [2.05, 4.69) is 217 Å². The Morgan fingerprint density at radius 2 is 0.907 bits per heavy atom. The van der Waals surface area contributed by atoms with Gasteiger partial charge in [0.1, 0.15) is 11.2 Å². The van der Waals surface area contributed by atoms with Crippen molar-refractivity contribution in [1.82, 2.24) is 0 Å². The monoisotopic (exact) mass is 689 g/mol. The maximum absolute atomic E-state index is 6.61. The highest BCUT2D eigenvalue weighted by atomic mass is 16.3. The van der Waals surface area contributed by atoms with E-state index < -0.39 is 0 Å². The number of hydrogen-bond acceptors (Lipinski definition) is 2. The Bertz CT molecular complexity index is 2870. The second-order valence-corrected chi connectivity index (χ2v) is 13.7. The molecule has 0 radical (unpaired) electrons. The van der Waals surface area contributed by atoms with Gasteiger partial charge in [0, 0.05) is 33.1 Å². The molecule has 0 bridgehead atoms. The van der Waals surface area contributed by atoms with E-state index in [0.717, 1.165) is 72.2 Å². The molecule has 0 N–H and O–H groups in total. The molecule has 10 rings (SSSR count). The van der Waals surface area contributed by atoms with E-state index in [9.17, 15) is 0 Å². The van der Waals surface area contributed by atoms with Crippen LogP contribution in [0.4, 0.5) is 17.1 Å². The molecule has 1 heterocycles. The van der Waals surface area contributed by atoms with Crippen molar-refractivity contribution in [1.29, 1.82) is 0 Å². The quantitative estimate of drug-likeness (QED) is 0.166. The molecule has 0 aliphatic rings. The van der Waals surface area contributed by atoms with Gasteiger partial charge in [0.25, 0.3) is 0 Å². The van der Waals surface area contributed by atoms with Crippen LogP contribution in [0.15, 0.2) is 217 Å². The highest BCUT2D eigenvalue weighted by Crippen LogP contribution is 2.45. The van der Waals surface area contributed by atoms with Crippen molar-refractivity contribution in [3.63, 3.8) is 0 Å². The van der Waals surface area contributed by atoms with Gasteiger partial charge < -0.3 is 9.32 Å². The number of furan rings is 1. The highest BCUT2D eigenvalue weighted by Gasteiger charge is 2.21. The molecule has 0 saturated heterocycles. The van der Waals surface area contributed by atoms with Crippen LogP contribution < -0.4 is 4.90 Å². The largest absolute Gasteiger partial charge is 0.455 e. The number of benzene rings is 9. The van der Waals surface area contributed by atoms with Crippen molar-refractivity contribution in [2.75, 3.05) is 4.90 Å². The van der Waals surface area contributed by atoms with Crippen LogP contribution in [-0.4, -0.2) is 0 Å². The predicted octanol–water partition coefficient (Wildman–Crippen LogP) is 14.9. The summed E-state index contributed by atoms with van der Waals surface area (Å²) in [5, 5.41) is 4.55.